The van der Waals surface area contributed by atoms with E-state index in [0.29, 0.717) is 42.3 Å². The third-order valence-corrected chi connectivity index (χ3v) is 6.60. The van der Waals surface area contributed by atoms with Crippen LogP contribution in [0, 0.1) is 6.92 Å². The number of benzene rings is 2. The third-order valence-electron chi connectivity index (χ3n) is 6.60. The van der Waals surface area contributed by atoms with Crippen molar-refractivity contribution in [3.05, 3.63) is 77.6 Å². The summed E-state index contributed by atoms with van der Waals surface area (Å²) in [5.41, 5.74) is 1.23. The molecule has 208 valence electrons. The molecule has 0 aliphatic rings. The monoisotopic (exact) mass is 534 g/mol. The first kappa shape index (κ1) is 29.4. The highest BCUT2D eigenvalue weighted by Crippen LogP contribution is 2.27. The molecule has 2 N–H and O–H groups in total. The molecule has 3 rings (SSSR count). The average molecular weight is 535 g/mol. The lowest BCUT2D eigenvalue weighted by Crippen LogP contribution is -2.50. The van der Waals surface area contributed by atoms with E-state index in [2.05, 4.69) is 15.8 Å². The maximum absolute atomic E-state index is 13.8. The molecule has 3 amide bonds. The molecule has 1 aromatic heterocycles. The summed E-state index contributed by atoms with van der Waals surface area (Å²) in [7, 11) is 1.57. The molecule has 0 saturated carbocycles. The zero-order valence-electron chi connectivity index (χ0n) is 23.3. The Hall–Kier alpha value is -4.14. The lowest BCUT2D eigenvalue weighted by Gasteiger charge is -2.35. The van der Waals surface area contributed by atoms with Gasteiger partial charge >= 0.3 is 0 Å². The normalized spacial score (nSPS) is 11.9. The summed E-state index contributed by atoms with van der Waals surface area (Å²) < 4.78 is 10.3. The number of nitrogens with zero attached hydrogens (tertiary/aromatic N) is 2. The van der Waals surface area contributed by atoms with Crippen LogP contribution < -0.4 is 15.4 Å². The van der Waals surface area contributed by atoms with Gasteiger partial charge in [0.1, 0.15) is 17.6 Å². The summed E-state index contributed by atoms with van der Waals surface area (Å²) in [4.78, 5) is 41.6. The lowest BCUT2D eigenvalue weighted by molar-refractivity contribution is -0.142. The maximum atomic E-state index is 13.8. The number of hydrogen-bond donors (Lipinski definition) is 2. The predicted molar refractivity (Wildman–Crippen MR) is 149 cm³/mol. The van der Waals surface area contributed by atoms with E-state index in [1.165, 1.54) is 0 Å². The summed E-state index contributed by atoms with van der Waals surface area (Å²) in [5.74, 6) is 0.560. The van der Waals surface area contributed by atoms with Gasteiger partial charge in [-0.05, 0) is 56.9 Å². The van der Waals surface area contributed by atoms with E-state index in [9.17, 15) is 14.4 Å². The summed E-state index contributed by atoms with van der Waals surface area (Å²) in [6.07, 6.45) is 1.13. The molecule has 0 aliphatic heterocycles. The highest BCUT2D eigenvalue weighted by atomic mass is 16.5. The predicted octanol–water partition coefficient (Wildman–Crippen LogP) is 4.83. The number of rotatable bonds is 13. The zero-order chi connectivity index (χ0) is 28.4. The third kappa shape index (κ3) is 8.70. The van der Waals surface area contributed by atoms with Crippen molar-refractivity contribution in [3.63, 3.8) is 0 Å². The Balaban J connectivity index is 1.88. The minimum absolute atomic E-state index is 0.0655. The standard InChI is InChI=1S/C30H38N4O5/c1-6-30(3,4)32-29(37)28(23-12-14-24(38-5)15-13-23)34(19-18-22-10-8-7-9-11-22)27(36)17-16-26(35)31-25-20-21(2)39-33-25/h7-15,20,28H,6,16-19H2,1-5H3,(H,32,37)(H,31,33,35)/t28-/m0/s1. The fourth-order valence-corrected chi connectivity index (χ4v) is 4.04. The van der Waals surface area contributed by atoms with E-state index in [1.54, 1.807) is 49.3 Å². The number of carbonyl (C=O) groups is 3. The number of aromatic nitrogens is 1. The number of carbonyl (C=O) groups excluding carboxylic acids is 3. The molecule has 0 spiro atoms. The van der Waals surface area contributed by atoms with E-state index in [0.717, 1.165) is 5.56 Å². The molecule has 39 heavy (non-hydrogen) atoms. The van der Waals surface area contributed by atoms with Gasteiger partial charge in [0.15, 0.2) is 5.82 Å². The fraction of sp³-hybridized carbons (Fsp3) is 0.400. The number of methoxy groups -OCH3 is 1. The zero-order valence-corrected chi connectivity index (χ0v) is 23.3. The summed E-state index contributed by atoms with van der Waals surface area (Å²) in [6, 6.07) is 17.6. The molecule has 0 fully saturated rings. The summed E-state index contributed by atoms with van der Waals surface area (Å²) >= 11 is 0. The highest BCUT2D eigenvalue weighted by Gasteiger charge is 2.33. The van der Waals surface area contributed by atoms with Crippen molar-refractivity contribution < 1.29 is 23.6 Å². The van der Waals surface area contributed by atoms with Gasteiger partial charge in [0, 0.05) is 31.0 Å². The van der Waals surface area contributed by atoms with Gasteiger partial charge in [-0.1, -0.05) is 54.5 Å². The van der Waals surface area contributed by atoms with Gasteiger partial charge in [0.2, 0.25) is 17.7 Å². The van der Waals surface area contributed by atoms with Crippen LogP contribution in [0.3, 0.4) is 0 Å². The molecular weight excluding hydrogens is 496 g/mol. The fourth-order valence-electron chi connectivity index (χ4n) is 4.04. The highest BCUT2D eigenvalue weighted by molar-refractivity contribution is 5.94. The Labute approximate surface area is 229 Å². The van der Waals surface area contributed by atoms with E-state index in [-0.39, 0.29) is 30.6 Å². The van der Waals surface area contributed by atoms with Crippen LogP contribution in [-0.4, -0.2) is 47.0 Å². The smallest absolute Gasteiger partial charge is 0.247 e. The van der Waals surface area contributed by atoms with Crippen LogP contribution in [-0.2, 0) is 20.8 Å². The van der Waals surface area contributed by atoms with Crippen molar-refractivity contribution in [2.45, 2.75) is 65.0 Å². The van der Waals surface area contributed by atoms with Crippen molar-refractivity contribution in [1.29, 1.82) is 0 Å². The minimum Gasteiger partial charge on any atom is -0.497 e. The van der Waals surface area contributed by atoms with Crippen LogP contribution in [0.5, 0.6) is 5.75 Å². The molecule has 9 nitrogen and oxygen atoms in total. The van der Waals surface area contributed by atoms with Crippen molar-refractivity contribution >= 4 is 23.5 Å². The van der Waals surface area contributed by atoms with E-state index >= 15 is 0 Å². The van der Waals surface area contributed by atoms with Crippen LogP contribution in [0.15, 0.2) is 65.2 Å². The Morgan fingerprint density at radius 1 is 1.05 bits per heavy atom. The Morgan fingerprint density at radius 2 is 1.74 bits per heavy atom. The second-order valence-electron chi connectivity index (χ2n) is 10.1. The Kier molecular flexibility index (Phi) is 10.3. The largest absolute Gasteiger partial charge is 0.497 e. The molecule has 1 atom stereocenters. The molecule has 3 aromatic rings. The van der Waals surface area contributed by atoms with Gasteiger partial charge in [-0.3, -0.25) is 14.4 Å². The van der Waals surface area contributed by atoms with Gasteiger partial charge < -0.3 is 24.8 Å². The van der Waals surface area contributed by atoms with Crippen molar-refractivity contribution in [2.75, 3.05) is 19.0 Å². The molecule has 1 heterocycles. The first-order valence-corrected chi connectivity index (χ1v) is 13.1. The molecular formula is C30H38N4O5. The Morgan fingerprint density at radius 3 is 2.33 bits per heavy atom. The number of hydrogen-bond acceptors (Lipinski definition) is 6. The van der Waals surface area contributed by atoms with Gasteiger partial charge in [-0.25, -0.2) is 0 Å². The van der Waals surface area contributed by atoms with Gasteiger partial charge in [-0.2, -0.15) is 0 Å². The summed E-state index contributed by atoms with van der Waals surface area (Å²) in [6.45, 7) is 7.91. The van der Waals surface area contributed by atoms with Crippen LogP contribution in [0.1, 0.15) is 63.0 Å². The van der Waals surface area contributed by atoms with Gasteiger partial charge in [-0.15, -0.1) is 0 Å². The van der Waals surface area contributed by atoms with Crippen molar-refractivity contribution in [2.24, 2.45) is 0 Å². The number of aryl methyl sites for hydroxylation is 1. The number of amides is 3. The second kappa shape index (κ2) is 13.6. The van der Waals surface area contributed by atoms with E-state index < -0.39 is 11.6 Å². The number of anilines is 1. The van der Waals surface area contributed by atoms with Gasteiger partial charge in [0.05, 0.1) is 7.11 Å². The molecule has 0 unspecified atom stereocenters. The van der Waals surface area contributed by atoms with Crippen LogP contribution in [0.4, 0.5) is 5.82 Å². The Bertz CT molecular complexity index is 1240. The first-order valence-electron chi connectivity index (χ1n) is 13.1. The second-order valence-corrected chi connectivity index (χ2v) is 10.1. The summed E-state index contributed by atoms with van der Waals surface area (Å²) in [5, 5.41) is 9.51. The molecule has 0 radical (unpaired) electrons. The molecule has 0 saturated heterocycles. The van der Waals surface area contributed by atoms with E-state index in [1.807, 2.05) is 51.1 Å². The number of ether oxygens (including phenoxy) is 1. The SMILES string of the molecule is CCC(C)(C)NC(=O)[C@H](c1ccc(OC)cc1)N(CCc1ccccc1)C(=O)CCC(=O)Nc1cc(C)on1. The maximum Gasteiger partial charge on any atom is 0.247 e. The van der Waals surface area contributed by atoms with E-state index in [4.69, 9.17) is 9.26 Å². The minimum atomic E-state index is -0.890. The van der Waals surface area contributed by atoms with Crippen LogP contribution in [0.2, 0.25) is 0 Å². The molecule has 0 bridgehead atoms. The van der Waals surface area contributed by atoms with Crippen molar-refractivity contribution in [3.8, 4) is 5.75 Å². The molecule has 9 heteroatoms. The van der Waals surface area contributed by atoms with Gasteiger partial charge in [0.25, 0.3) is 0 Å². The molecule has 2 aromatic carbocycles. The molecule has 0 aliphatic carbocycles. The average Bonchev–Trinajstić information content (AvgIpc) is 3.34. The van der Waals surface area contributed by atoms with Crippen LogP contribution >= 0.6 is 0 Å². The topological polar surface area (TPSA) is 114 Å². The van der Waals surface area contributed by atoms with Crippen LogP contribution in [0.25, 0.3) is 0 Å². The lowest BCUT2D eigenvalue weighted by atomic mass is 9.98. The quantitative estimate of drug-likeness (QED) is 0.325. The van der Waals surface area contributed by atoms with Crippen molar-refractivity contribution in [1.82, 2.24) is 15.4 Å². The number of nitrogens with one attached hydrogen (secondary N) is 2. The first-order chi connectivity index (χ1) is 18.6.